The molecule has 1 unspecified atom stereocenters. The Bertz CT molecular complexity index is 634. The molecule has 5 heteroatoms. The van der Waals surface area contributed by atoms with Gasteiger partial charge >= 0.3 is 0 Å². The second kappa shape index (κ2) is 8.56. The van der Waals surface area contributed by atoms with Crippen LogP contribution in [-0.4, -0.2) is 37.6 Å². The van der Waals surface area contributed by atoms with Crippen LogP contribution in [-0.2, 0) is 4.79 Å². The van der Waals surface area contributed by atoms with E-state index < -0.39 is 0 Å². The summed E-state index contributed by atoms with van der Waals surface area (Å²) < 4.78 is 5.62. The summed E-state index contributed by atoms with van der Waals surface area (Å²) in [5.74, 6) is 0.274. The smallest absolute Gasteiger partial charge is 0.231 e. The van der Waals surface area contributed by atoms with E-state index in [4.69, 9.17) is 22.1 Å². The predicted octanol–water partition coefficient (Wildman–Crippen LogP) is 2.92. The highest BCUT2D eigenvalue weighted by atomic mass is 35.5. The van der Waals surface area contributed by atoms with Crippen LogP contribution in [0.2, 0.25) is 5.02 Å². The lowest BCUT2D eigenvalue weighted by Gasteiger charge is -2.23. The number of nitrogens with zero attached hydrogens (tertiary/aromatic N) is 1. The number of amides is 1. The molecule has 2 N–H and O–H groups in total. The van der Waals surface area contributed by atoms with Crippen molar-refractivity contribution in [2.24, 2.45) is 5.73 Å². The van der Waals surface area contributed by atoms with Crippen LogP contribution in [0.4, 0.5) is 0 Å². The van der Waals surface area contributed by atoms with Crippen molar-refractivity contribution in [1.82, 2.24) is 4.90 Å². The quantitative estimate of drug-likeness (QED) is 0.848. The molecule has 0 bridgehead atoms. The van der Waals surface area contributed by atoms with E-state index in [1.807, 2.05) is 42.5 Å². The van der Waals surface area contributed by atoms with Crippen molar-refractivity contribution in [1.29, 1.82) is 0 Å². The number of carbonyl (C=O) groups is 1. The van der Waals surface area contributed by atoms with Crippen LogP contribution in [0.1, 0.15) is 11.5 Å². The molecule has 1 amide bonds. The maximum atomic E-state index is 12.5. The van der Waals surface area contributed by atoms with Gasteiger partial charge in [-0.3, -0.25) is 4.79 Å². The first kappa shape index (κ1) is 17.3. The first-order valence-corrected chi connectivity index (χ1v) is 7.88. The minimum Gasteiger partial charge on any atom is -0.490 e. The lowest BCUT2D eigenvalue weighted by molar-refractivity contribution is -0.131. The highest BCUT2D eigenvalue weighted by molar-refractivity contribution is 6.32. The Morgan fingerprint density at radius 3 is 2.48 bits per heavy atom. The summed E-state index contributed by atoms with van der Waals surface area (Å²) in [7, 11) is 1.75. The third-order valence-corrected chi connectivity index (χ3v) is 3.95. The van der Waals surface area contributed by atoms with Crippen LogP contribution < -0.4 is 10.5 Å². The standard InChI is InChI=1S/C18H21ClN2O2/c1-21(11-12-23-17-10-6-5-9-16(17)19)18(22)15(13-20)14-7-3-2-4-8-14/h2-10,15H,11-13,20H2,1H3. The summed E-state index contributed by atoms with van der Waals surface area (Å²) in [4.78, 5) is 14.2. The molecule has 0 radical (unpaired) electrons. The number of hydrogen-bond donors (Lipinski definition) is 1. The molecule has 2 rings (SSSR count). The van der Waals surface area contributed by atoms with Gasteiger partial charge in [0, 0.05) is 13.6 Å². The normalized spacial score (nSPS) is 11.8. The molecular formula is C18H21ClN2O2. The van der Waals surface area contributed by atoms with Crippen LogP contribution in [0.3, 0.4) is 0 Å². The van der Waals surface area contributed by atoms with E-state index in [1.54, 1.807) is 24.1 Å². The van der Waals surface area contributed by atoms with E-state index in [-0.39, 0.29) is 18.4 Å². The number of halogens is 1. The second-order valence-corrected chi connectivity index (χ2v) is 5.64. The number of para-hydroxylation sites is 1. The van der Waals surface area contributed by atoms with E-state index in [1.165, 1.54) is 0 Å². The van der Waals surface area contributed by atoms with E-state index in [2.05, 4.69) is 0 Å². The van der Waals surface area contributed by atoms with Crippen molar-refractivity contribution in [3.63, 3.8) is 0 Å². The van der Waals surface area contributed by atoms with Crippen molar-refractivity contribution < 1.29 is 9.53 Å². The van der Waals surface area contributed by atoms with Gasteiger partial charge in [0.15, 0.2) is 0 Å². The Balaban J connectivity index is 1.90. The molecule has 0 saturated heterocycles. The largest absolute Gasteiger partial charge is 0.490 e. The fraction of sp³-hybridized carbons (Fsp3) is 0.278. The predicted molar refractivity (Wildman–Crippen MR) is 92.8 cm³/mol. The zero-order valence-corrected chi connectivity index (χ0v) is 13.9. The lowest BCUT2D eigenvalue weighted by atomic mass is 9.98. The van der Waals surface area contributed by atoms with Crippen molar-refractivity contribution >= 4 is 17.5 Å². The molecule has 2 aromatic carbocycles. The number of hydrogen-bond acceptors (Lipinski definition) is 3. The van der Waals surface area contributed by atoms with Gasteiger partial charge in [-0.15, -0.1) is 0 Å². The van der Waals surface area contributed by atoms with E-state index in [0.717, 1.165) is 5.56 Å². The van der Waals surface area contributed by atoms with Crippen LogP contribution >= 0.6 is 11.6 Å². The van der Waals surface area contributed by atoms with Gasteiger partial charge in [-0.25, -0.2) is 0 Å². The highest BCUT2D eigenvalue weighted by Gasteiger charge is 2.22. The minimum atomic E-state index is -0.332. The molecule has 122 valence electrons. The Morgan fingerprint density at radius 1 is 1.17 bits per heavy atom. The van der Waals surface area contributed by atoms with Gasteiger partial charge in [0.2, 0.25) is 5.91 Å². The monoisotopic (exact) mass is 332 g/mol. The Kier molecular flexibility index (Phi) is 6.44. The summed E-state index contributed by atoms with van der Waals surface area (Å²) in [6.07, 6.45) is 0. The zero-order chi connectivity index (χ0) is 16.7. The van der Waals surface area contributed by atoms with Crippen molar-refractivity contribution in [3.05, 3.63) is 65.2 Å². The molecule has 0 aliphatic heterocycles. The SMILES string of the molecule is CN(CCOc1ccccc1Cl)C(=O)C(CN)c1ccccc1. The minimum absolute atomic E-state index is 0.0125. The summed E-state index contributed by atoms with van der Waals surface area (Å²) in [6, 6.07) is 16.8. The van der Waals surface area contributed by atoms with Crippen LogP contribution in [0.15, 0.2) is 54.6 Å². The summed E-state index contributed by atoms with van der Waals surface area (Å²) >= 11 is 6.03. The second-order valence-electron chi connectivity index (χ2n) is 5.24. The van der Waals surface area contributed by atoms with Gasteiger partial charge in [0.25, 0.3) is 0 Å². The Morgan fingerprint density at radius 2 is 1.83 bits per heavy atom. The third-order valence-electron chi connectivity index (χ3n) is 3.63. The number of ether oxygens (including phenoxy) is 1. The van der Waals surface area contributed by atoms with Crippen LogP contribution in [0.5, 0.6) is 5.75 Å². The van der Waals surface area contributed by atoms with Crippen LogP contribution in [0.25, 0.3) is 0 Å². The molecular weight excluding hydrogens is 312 g/mol. The van der Waals surface area contributed by atoms with Gasteiger partial charge in [-0.1, -0.05) is 54.1 Å². The van der Waals surface area contributed by atoms with Crippen molar-refractivity contribution in [2.45, 2.75) is 5.92 Å². The molecule has 2 aromatic rings. The van der Waals surface area contributed by atoms with Crippen molar-refractivity contribution in [3.8, 4) is 5.75 Å². The number of likely N-dealkylation sites (N-methyl/N-ethyl adjacent to an activating group) is 1. The molecule has 0 saturated carbocycles. The van der Waals surface area contributed by atoms with Gasteiger partial charge in [0.1, 0.15) is 12.4 Å². The molecule has 1 atom stereocenters. The summed E-state index contributed by atoms with van der Waals surface area (Å²) in [6.45, 7) is 1.12. The van der Waals surface area contributed by atoms with E-state index >= 15 is 0 Å². The van der Waals surface area contributed by atoms with Crippen LogP contribution in [0, 0.1) is 0 Å². The average molecular weight is 333 g/mol. The van der Waals surface area contributed by atoms with Gasteiger partial charge < -0.3 is 15.4 Å². The molecule has 23 heavy (non-hydrogen) atoms. The maximum Gasteiger partial charge on any atom is 0.231 e. The topological polar surface area (TPSA) is 55.6 Å². The molecule has 0 fully saturated rings. The van der Waals surface area contributed by atoms with E-state index in [0.29, 0.717) is 23.9 Å². The van der Waals surface area contributed by atoms with Crippen molar-refractivity contribution in [2.75, 3.05) is 26.7 Å². The third kappa shape index (κ3) is 4.71. The molecule has 0 heterocycles. The Hall–Kier alpha value is -2.04. The zero-order valence-electron chi connectivity index (χ0n) is 13.1. The summed E-state index contributed by atoms with van der Waals surface area (Å²) in [5, 5.41) is 0.561. The highest BCUT2D eigenvalue weighted by Crippen LogP contribution is 2.23. The molecule has 0 aromatic heterocycles. The van der Waals surface area contributed by atoms with Gasteiger partial charge in [-0.05, 0) is 17.7 Å². The maximum absolute atomic E-state index is 12.5. The van der Waals surface area contributed by atoms with E-state index in [9.17, 15) is 4.79 Å². The lowest BCUT2D eigenvalue weighted by Crippen LogP contribution is -2.37. The molecule has 0 aliphatic carbocycles. The molecule has 4 nitrogen and oxygen atoms in total. The molecule has 0 aliphatic rings. The summed E-state index contributed by atoms with van der Waals surface area (Å²) in [5.41, 5.74) is 6.72. The number of carbonyl (C=O) groups excluding carboxylic acids is 1. The fourth-order valence-corrected chi connectivity index (χ4v) is 2.49. The van der Waals surface area contributed by atoms with Gasteiger partial charge in [-0.2, -0.15) is 0 Å². The first-order chi connectivity index (χ1) is 11.1. The first-order valence-electron chi connectivity index (χ1n) is 7.50. The number of benzene rings is 2. The van der Waals surface area contributed by atoms with Gasteiger partial charge in [0.05, 0.1) is 17.5 Å². The number of nitrogens with two attached hydrogens (primary N) is 1. The Labute approximate surface area is 141 Å². The molecule has 0 spiro atoms. The fourth-order valence-electron chi connectivity index (χ4n) is 2.30. The average Bonchev–Trinajstić information content (AvgIpc) is 2.58. The number of rotatable bonds is 7.